The molecule has 5 heteroatoms. The first-order chi connectivity index (χ1) is 8.54. The van der Waals surface area contributed by atoms with E-state index in [9.17, 15) is 0 Å². The van der Waals surface area contributed by atoms with Crippen molar-refractivity contribution in [3.8, 4) is 0 Å². The van der Waals surface area contributed by atoms with Crippen LogP contribution in [0.4, 0.5) is 0 Å². The largest absolute Gasteiger partial charge is 0.309 e. The number of hydrogen-bond donors (Lipinski definition) is 1. The summed E-state index contributed by atoms with van der Waals surface area (Å²) in [4.78, 5) is 5.34. The second kappa shape index (κ2) is 5.12. The topological polar surface area (TPSA) is 50.7 Å². The monoisotopic (exact) mass is 262 g/mol. The van der Waals surface area contributed by atoms with Crippen LogP contribution in [0.15, 0.2) is 24.5 Å². The summed E-state index contributed by atoms with van der Waals surface area (Å²) in [6.07, 6.45) is 3.67. The van der Waals surface area contributed by atoms with Gasteiger partial charge in [0.05, 0.1) is 16.6 Å². The summed E-state index contributed by atoms with van der Waals surface area (Å²) in [5.41, 5.74) is 2.19. The Bertz CT molecular complexity index is 501. The smallest absolute Gasteiger partial charge is 0.0860 e. The van der Waals surface area contributed by atoms with Crippen molar-refractivity contribution in [1.29, 1.82) is 0 Å². The predicted octanol–water partition coefficient (Wildman–Crippen LogP) is 2.54. The van der Waals surface area contributed by atoms with Crippen LogP contribution in [0.1, 0.15) is 42.9 Å². The van der Waals surface area contributed by atoms with Gasteiger partial charge in [-0.15, -0.1) is 5.10 Å². The molecule has 0 saturated heterocycles. The Hall–Kier alpha value is -1.33. The SMILES string of the molecule is CNC(c1cccnc1)c1snnc1C(C)(C)C. The molecule has 18 heavy (non-hydrogen) atoms. The van der Waals surface area contributed by atoms with Gasteiger partial charge >= 0.3 is 0 Å². The summed E-state index contributed by atoms with van der Waals surface area (Å²) >= 11 is 1.45. The van der Waals surface area contributed by atoms with Crippen molar-refractivity contribution in [3.05, 3.63) is 40.7 Å². The fourth-order valence-corrected chi connectivity index (χ4v) is 2.91. The van der Waals surface area contributed by atoms with E-state index >= 15 is 0 Å². The van der Waals surface area contributed by atoms with Gasteiger partial charge in [0.15, 0.2) is 0 Å². The van der Waals surface area contributed by atoms with Crippen molar-refractivity contribution in [2.45, 2.75) is 32.2 Å². The van der Waals surface area contributed by atoms with E-state index in [0.717, 1.165) is 16.1 Å². The van der Waals surface area contributed by atoms with E-state index in [2.05, 4.69) is 46.7 Å². The van der Waals surface area contributed by atoms with E-state index in [4.69, 9.17) is 0 Å². The van der Waals surface area contributed by atoms with Crippen molar-refractivity contribution in [2.75, 3.05) is 7.05 Å². The second-order valence-electron chi connectivity index (χ2n) is 5.24. The lowest BCUT2D eigenvalue weighted by Crippen LogP contribution is -2.22. The molecule has 0 bridgehead atoms. The third-order valence-electron chi connectivity index (χ3n) is 2.79. The molecule has 0 aliphatic carbocycles. The molecule has 2 rings (SSSR count). The molecule has 1 N–H and O–H groups in total. The van der Waals surface area contributed by atoms with E-state index < -0.39 is 0 Å². The summed E-state index contributed by atoms with van der Waals surface area (Å²) in [7, 11) is 1.95. The van der Waals surface area contributed by atoms with Crippen molar-refractivity contribution >= 4 is 11.5 Å². The molecule has 4 nitrogen and oxygen atoms in total. The molecule has 0 saturated carbocycles. The molecule has 2 aromatic heterocycles. The first-order valence-corrected chi connectivity index (χ1v) is 6.71. The van der Waals surface area contributed by atoms with E-state index in [0.29, 0.717) is 0 Å². The number of rotatable bonds is 3. The molecule has 0 amide bonds. The van der Waals surface area contributed by atoms with Crippen LogP contribution >= 0.6 is 11.5 Å². The molecule has 2 aromatic rings. The Kier molecular flexibility index (Phi) is 3.73. The van der Waals surface area contributed by atoms with Gasteiger partial charge in [-0.25, -0.2) is 0 Å². The molecule has 1 atom stereocenters. The van der Waals surface area contributed by atoms with Gasteiger partial charge in [-0.3, -0.25) is 4.98 Å². The van der Waals surface area contributed by atoms with Crippen LogP contribution in [0.5, 0.6) is 0 Å². The zero-order valence-corrected chi connectivity index (χ0v) is 12.0. The van der Waals surface area contributed by atoms with Crippen molar-refractivity contribution < 1.29 is 0 Å². The van der Waals surface area contributed by atoms with Gasteiger partial charge in [-0.2, -0.15) is 0 Å². The van der Waals surface area contributed by atoms with Crippen LogP contribution < -0.4 is 5.32 Å². The van der Waals surface area contributed by atoms with Gasteiger partial charge in [-0.1, -0.05) is 31.3 Å². The minimum absolute atomic E-state index is 0.000355. The molecule has 2 heterocycles. The van der Waals surface area contributed by atoms with Crippen LogP contribution in [-0.2, 0) is 5.41 Å². The molecule has 0 spiro atoms. The molecule has 0 aliphatic heterocycles. The highest BCUT2D eigenvalue weighted by molar-refractivity contribution is 7.05. The molecule has 0 fully saturated rings. The summed E-state index contributed by atoms with van der Waals surface area (Å²) < 4.78 is 4.11. The molecule has 0 aliphatic rings. The van der Waals surface area contributed by atoms with Gasteiger partial charge in [0, 0.05) is 17.8 Å². The number of pyridine rings is 1. The maximum Gasteiger partial charge on any atom is 0.0860 e. The maximum atomic E-state index is 4.29. The standard InChI is InChI=1S/C13H18N4S/c1-13(2,3)12-11(18-17-16-12)10(14-4)9-6-5-7-15-8-9/h5-8,10,14H,1-4H3. The number of hydrogen-bond acceptors (Lipinski definition) is 5. The zero-order chi connectivity index (χ0) is 13.2. The molecular weight excluding hydrogens is 244 g/mol. The first kappa shape index (κ1) is 13.1. The lowest BCUT2D eigenvalue weighted by atomic mass is 9.89. The highest BCUT2D eigenvalue weighted by Gasteiger charge is 2.27. The third-order valence-corrected chi connectivity index (χ3v) is 3.58. The maximum absolute atomic E-state index is 4.29. The second-order valence-corrected chi connectivity index (χ2v) is 6.03. The predicted molar refractivity (Wildman–Crippen MR) is 73.7 cm³/mol. The molecule has 96 valence electrons. The number of aromatic nitrogens is 3. The Labute approximate surface area is 112 Å². The Balaban J connectivity index is 2.44. The van der Waals surface area contributed by atoms with Crippen LogP contribution in [0, 0.1) is 0 Å². The fourth-order valence-electron chi connectivity index (χ4n) is 1.90. The molecular formula is C13H18N4S. The van der Waals surface area contributed by atoms with Crippen molar-refractivity contribution in [3.63, 3.8) is 0 Å². The molecule has 1 unspecified atom stereocenters. The van der Waals surface area contributed by atoms with Crippen LogP contribution in [0.2, 0.25) is 0 Å². The highest BCUT2D eigenvalue weighted by atomic mass is 32.1. The lowest BCUT2D eigenvalue weighted by Gasteiger charge is -2.21. The average molecular weight is 262 g/mol. The normalized spacial score (nSPS) is 13.6. The average Bonchev–Trinajstić information content (AvgIpc) is 2.80. The third kappa shape index (κ3) is 2.57. The molecule has 0 aromatic carbocycles. The summed E-state index contributed by atoms with van der Waals surface area (Å²) in [6.45, 7) is 6.47. The number of nitrogens with one attached hydrogen (secondary N) is 1. The van der Waals surface area contributed by atoms with Gasteiger partial charge in [0.1, 0.15) is 0 Å². The summed E-state index contributed by atoms with van der Waals surface area (Å²) in [6, 6.07) is 4.12. The van der Waals surface area contributed by atoms with Crippen molar-refractivity contribution in [2.24, 2.45) is 0 Å². The van der Waals surface area contributed by atoms with E-state index in [1.165, 1.54) is 11.5 Å². The number of nitrogens with zero attached hydrogens (tertiary/aromatic N) is 3. The summed E-state index contributed by atoms with van der Waals surface area (Å²) in [5, 5.41) is 7.61. The Morgan fingerprint density at radius 1 is 1.33 bits per heavy atom. The Morgan fingerprint density at radius 3 is 2.67 bits per heavy atom. The minimum atomic E-state index is -0.000355. The van der Waals surface area contributed by atoms with Crippen LogP contribution in [0.25, 0.3) is 0 Å². The highest BCUT2D eigenvalue weighted by Crippen LogP contribution is 2.33. The van der Waals surface area contributed by atoms with E-state index in [-0.39, 0.29) is 11.5 Å². The zero-order valence-electron chi connectivity index (χ0n) is 11.1. The minimum Gasteiger partial charge on any atom is -0.309 e. The van der Waals surface area contributed by atoms with Gasteiger partial charge in [0.25, 0.3) is 0 Å². The Morgan fingerprint density at radius 2 is 2.11 bits per heavy atom. The van der Waals surface area contributed by atoms with Crippen LogP contribution in [-0.4, -0.2) is 21.6 Å². The quantitative estimate of drug-likeness (QED) is 0.923. The van der Waals surface area contributed by atoms with Gasteiger partial charge < -0.3 is 5.32 Å². The van der Waals surface area contributed by atoms with Crippen LogP contribution in [0.3, 0.4) is 0 Å². The van der Waals surface area contributed by atoms with Crippen molar-refractivity contribution in [1.82, 2.24) is 19.9 Å². The lowest BCUT2D eigenvalue weighted by molar-refractivity contribution is 0.549. The van der Waals surface area contributed by atoms with Gasteiger partial charge in [0.2, 0.25) is 0 Å². The van der Waals surface area contributed by atoms with E-state index in [1.54, 1.807) is 6.20 Å². The fraction of sp³-hybridized carbons (Fsp3) is 0.462. The summed E-state index contributed by atoms with van der Waals surface area (Å²) in [5.74, 6) is 0. The first-order valence-electron chi connectivity index (χ1n) is 5.94. The van der Waals surface area contributed by atoms with E-state index in [1.807, 2.05) is 19.3 Å². The van der Waals surface area contributed by atoms with Gasteiger partial charge in [-0.05, 0) is 30.2 Å². The molecule has 0 radical (unpaired) electrons.